The molecule has 0 saturated heterocycles. The van der Waals surface area contributed by atoms with Gasteiger partial charge < -0.3 is 5.73 Å². The number of nitrogens with zero attached hydrogens (tertiary/aromatic N) is 1. The van der Waals surface area contributed by atoms with Crippen molar-refractivity contribution in [2.75, 3.05) is 0 Å². The topological polar surface area (TPSA) is 38.9 Å². The Labute approximate surface area is 92.9 Å². The Bertz CT molecular complexity index is 269. The first-order valence-electron chi connectivity index (χ1n) is 5.77. The average Bonchev–Trinajstić information content (AvgIpc) is 2.26. The van der Waals surface area contributed by atoms with Gasteiger partial charge in [0.2, 0.25) is 0 Å². The first-order valence-corrected chi connectivity index (χ1v) is 5.77. The minimum Gasteiger partial charge on any atom is -0.327 e. The van der Waals surface area contributed by atoms with Crippen LogP contribution in [0.1, 0.15) is 45.2 Å². The number of rotatable bonds is 5. The van der Waals surface area contributed by atoms with Crippen molar-refractivity contribution in [3.8, 4) is 0 Å². The number of aromatic nitrogens is 1. The van der Waals surface area contributed by atoms with Gasteiger partial charge in [0.05, 0.1) is 0 Å². The van der Waals surface area contributed by atoms with Gasteiger partial charge in [0.15, 0.2) is 0 Å². The summed E-state index contributed by atoms with van der Waals surface area (Å²) in [5, 5.41) is 0. The van der Waals surface area contributed by atoms with E-state index < -0.39 is 0 Å². The van der Waals surface area contributed by atoms with E-state index in [-0.39, 0.29) is 6.04 Å². The van der Waals surface area contributed by atoms with Gasteiger partial charge in [0.1, 0.15) is 0 Å². The van der Waals surface area contributed by atoms with Crippen LogP contribution in [-0.2, 0) is 0 Å². The molecule has 2 nitrogen and oxygen atoms in total. The van der Waals surface area contributed by atoms with E-state index >= 15 is 0 Å². The molecule has 0 fully saturated rings. The zero-order valence-electron chi connectivity index (χ0n) is 9.98. The molecule has 2 atom stereocenters. The van der Waals surface area contributed by atoms with Crippen LogP contribution in [0, 0.1) is 5.92 Å². The number of pyridine rings is 1. The SMILES string of the molecule is CC(C)CCC(N)C(C)c1ccccn1. The summed E-state index contributed by atoms with van der Waals surface area (Å²) in [6, 6.07) is 6.24. The van der Waals surface area contributed by atoms with Gasteiger partial charge in [-0.1, -0.05) is 26.8 Å². The standard InChI is InChI=1S/C13H22N2/c1-10(2)7-8-12(14)11(3)13-6-4-5-9-15-13/h4-6,9-12H,7-8,14H2,1-3H3. The summed E-state index contributed by atoms with van der Waals surface area (Å²) in [4.78, 5) is 4.35. The van der Waals surface area contributed by atoms with E-state index in [4.69, 9.17) is 5.73 Å². The zero-order chi connectivity index (χ0) is 11.3. The van der Waals surface area contributed by atoms with Crippen LogP contribution >= 0.6 is 0 Å². The van der Waals surface area contributed by atoms with Crippen LogP contribution in [0.25, 0.3) is 0 Å². The fourth-order valence-corrected chi connectivity index (χ4v) is 1.64. The summed E-state index contributed by atoms with van der Waals surface area (Å²) in [7, 11) is 0. The Morgan fingerprint density at radius 3 is 2.47 bits per heavy atom. The summed E-state index contributed by atoms with van der Waals surface area (Å²) in [5.41, 5.74) is 7.26. The summed E-state index contributed by atoms with van der Waals surface area (Å²) in [6.45, 7) is 6.63. The molecule has 84 valence electrons. The minimum atomic E-state index is 0.224. The highest BCUT2D eigenvalue weighted by molar-refractivity contribution is 5.10. The van der Waals surface area contributed by atoms with Crippen LogP contribution in [0.15, 0.2) is 24.4 Å². The molecule has 1 rings (SSSR count). The molecule has 0 amide bonds. The summed E-state index contributed by atoms with van der Waals surface area (Å²) in [6.07, 6.45) is 4.11. The lowest BCUT2D eigenvalue weighted by atomic mass is 9.92. The van der Waals surface area contributed by atoms with Crippen molar-refractivity contribution in [2.24, 2.45) is 11.7 Å². The summed E-state index contributed by atoms with van der Waals surface area (Å²) in [5.74, 6) is 1.08. The number of nitrogens with two attached hydrogens (primary N) is 1. The van der Waals surface area contributed by atoms with E-state index in [0.717, 1.165) is 18.0 Å². The fraction of sp³-hybridized carbons (Fsp3) is 0.615. The normalized spacial score (nSPS) is 15.3. The number of hydrogen-bond donors (Lipinski definition) is 1. The lowest BCUT2D eigenvalue weighted by molar-refractivity contribution is 0.453. The Hall–Kier alpha value is -0.890. The van der Waals surface area contributed by atoms with Gasteiger partial charge in [-0.15, -0.1) is 0 Å². The number of hydrogen-bond acceptors (Lipinski definition) is 2. The van der Waals surface area contributed by atoms with Crippen LogP contribution in [0.4, 0.5) is 0 Å². The van der Waals surface area contributed by atoms with E-state index in [0.29, 0.717) is 5.92 Å². The van der Waals surface area contributed by atoms with E-state index in [1.54, 1.807) is 0 Å². The second-order valence-corrected chi connectivity index (χ2v) is 4.68. The highest BCUT2D eigenvalue weighted by Gasteiger charge is 2.15. The Morgan fingerprint density at radius 2 is 1.93 bits per heavy atom. The van der Waals surface area contributed by atoms with Gasteiger partial charge in [-0.2, -0.15) is 0 Å². The van der Waals surface area contributed by atoms with E-state index in [1.807, 2.05) is 18.3 Å². The molecule has 0 aliphatic carbocycles. The van der Waals surface area contributed by atoms with Gasteiger partial charge in [-0.05, 0) is 30.9 Å². The molecule has 0 aliphatic heterocycles. The minimum absolute atomic E-state index is 0.224. The average molecular weight is 206 g/mol. The molecule has 0 saturated carbocycles. The quantitative estimate of drug-likeness (QED) is 0.804. The third kappa shape index (κ3) is 4.00. The molecule has 2 unspecified atom stereocenters. The van der Waals surface area contributed by atoms with E-state index in [1.165, 1.54) is 6.42 Å². The molecular formula is C13H22N2. The van der Waals surface area contributed by atoms with Crippen molar-refractivity contribution in [1.29, 1.82) is 0 Å². The molecule has 1 aromatic heterocycles. The summed E-state index contributed by atoms with van der Waals surface area (Å²) >= 11 is 0. The van der Waals surface area contributed by atoms with Gasteiger partial charge in [-0.3, -0.25) is 4.98 Å². The molecular weight excluding hydrogens is 184 g/mol. The second kappa shape index (κ2) is 5.86. The maximum absolute atomic E-state index is 6.16. The third-order valence-corrected chi connectivity index (χ3v) is 2.87. The van der Waals surface area contributed by atoms with E-state index in [9.17, 15) is 0 Å². The van der Waals surface area contributed by atoms with Crippen LogP contribution in [0.5, 0.6) is 0 Å². The fourth-order valence-electron chi connectivity index (χ4n) is 1.64. The van der Waals surface area contributed by atoms with Crippen molar-refractivity contribution in [3.05, 3.63) is 30.1 Å². The van der Waals surface area contributed by atoms with Crippen LogP contribution in [0.3, 0.4) is 0 Å². The molecule has 0 aromatic carbocycles. The molecule has 0 spiro atoms. The molecule has 15 heavy (non-hydrogen) atoms. The summed E-state index contributed by atoms with van der Waals surface area (Å²) < 4.78 is 0. The molecule has 2 N–H and O–H groups in total. The maximum atomic E-state index is 6.16. The molecule has 0 aliphatic rings. The first kappa shape index (κ1) is 12.2. The Balaban J connectivity index is 2.49. The Morgan fingerprint density at radius 1 is 1.20 bits per heavy atom. The molecule has 1 heterocycles. The first-order chi connectivity index (χ1) is 7.11. The lowest BCUT2D eigenvalue weighted by Gasteiger charge is -2.20. The van der Waals surface area contributed by atoms with Gasteiger partial charge in [0.25, 0.3) is 0 Å². The van der Waals surface area contributed by atoms with Crippen molar-refractivity contribution in [1.82, 2.24) is 4.98 Å². The van der Waals surface area contributed by atoms with Crippen LogP contribution in [-0.4, -0.2) is 11.0 Å². The zero-order valence-corrected chi connectivity index (χ0v) is 9.98. The van der Waals surface area contributed by atoms with Gasteiger partial charge >= 0.3 is 0 Å². The lowest BCUT2D eigenvalue weighted by Crippen LogP contribution is -2.27. The predicted octanol–water partition coefficient (Wildman–Crippen LogP) is 2.95. The van der Waals surface area contributed by atoms with Crippen LogP contribution < -0.4 is 5.73 Å². The smallest absolute Gasteiger partial charge is 0.0447 e. The molecule has 2 heteroatoms. The molecule has 0 radical (unpaired) electrons. The van der Waals surface area contributed by atoms with Crippen molar-refractivity contribution in [3.63, 3.8) is 0 Å². The second-order valence-electron chi connectivity index (χ2n) is 4.68. The third-order valence-electron chi connectivity index (χ3n) is 2.87. The van der Waals surface area contributed by atoms with Gasteiger partial charge in [0, 0.05) is 23.9 Å². The highest BCUT2D eigenvalue weighted by atomic mass is 14.7. The van der Waals surface area contributed by atoms with Crippen molar-refractivity contribution >= 4 is 0 Å². The van der Waals surface area contributed by atoms with Crippen molar-refractivity contribution in [2.45, 2.75) is 45.6 Å². The monoisotopic (exact) mass is 206 g/mol. The van der Waals surface area contributed by atoms with Crippen molar-refractivity contribution < 1.29 is 0 Å². The van der Waals surface area contributed by atoms with Crippen LogP contribution in [0.2, 0.25) is 0 Å². The van der Waals surface area contributed by atoms with Gasteiger partial charge in [-0.25, -0.2) is 0 Å². The maximum Gasteiger partial charge on any atom is 0.0447 e. The highest BCUT2D eigenvalue weighted by Crippen LogP contribution is 2.19. The predicted molar refractivity (Wildman–Crippen MR) is 64.7 cm³/mol. The molecule has 1 aromatic rings. The molecule has 0 bridgehead atoms. The van der Waals surface area contributed by atoms with E-state index in [2.05, 4.69) is 31.8 Å². The largest absolute Gasteiger partial charge is 0.327 e. The Kier molecular flexibility index (Phi) is 4.76.